The predicted molar refractivity (Wildman–Crippen MR) is 48.0 cm³/mol. The van der Waals surface area contributed by atoms with E-state index in [1.807, 2.05) is 6.92 Å². The van der Waals surface area contributed by atoms with Crippen molar-refractivity contribution in [1.29, 1.82) is 0 Å². The van der Waals surface area contributed by atoms with Gasteiger partial charge < -0.3 is 4.74 Å². The van der Waals surface area contributed by atoms with E-state index in [-0.39, 0.29) is 42.6 Å². The van der Waals surface area contributed by atoms with Gasteiger partial charge in [0.05, 0.1) is 0 Å². The third kappa shape index (κ3) is 12.4. The van der Waals surface area contributed by atoms with E-state index in [1.165, 1.54) is 0 Å². The first-order valence-corrected chi connectivity index (χ1v) is 5.17. The van der Waals surface area contributed by atoms with Crippen molar-refractivity contribution in [2.24, 2.45) is 0 Å². The van der Waals surface area contributed by atoms with Crippen LogP contribution in [0.15, 0.2) is 0 Å². The van der Waals surface area contributed by atoms with Crippen LogP contribution in [0.2, 0.25) is 0 Å². The molecule has 13 heavy (non-hydrogen) atoms. The molecule has 0 rings (SSSR count). The maximum absolute atomic E-state index is 10.6. The number of carbonyl (C=O) groups excluding carboxylic acids is 1. The Labute approximate surface area is 99.9 Å². The maximum atomic E-state index is 10.6. The molecule has 0 aromatic heterocycles. The summed E-state index contributed by atoms with van der Waals surface area (Å²) in [6.45, 7) is 1.53. The number of rotatable bonds is 5. The molecular formula is C6H12NaO5S. The number of hydrogen-bond donors (Lipinski definition) is 1. The predicted octanol–water partition coefficient (Wildman–Crippen LogP) is -0.163. The van der Waals surface area contributed by atoms with Crippen molar-refractivity contribution in [3.05, 3.63) is 0 Å². The monoisotopic (exact) mass is 219 g/mol. The van der Waals surface area contributed by atoms with Crippen LogP contribution in [0.3, 0.4) is 0 Å². The summed E-state index contributed by atoms with van der Waals surface area (Å²) in [7, 11) is -4.01. The van der Waals surface area contributed by atoms with Crippen LogP contribution in [-0.4, -0.2) is 60.9 Å². The molecule has 0 bridgehead atoms. The summed E-state index contributed by atoms with van der Waals surface area (Å²) in [6, 6.07) is 0. The molecule has 0 aliphatic rings. The first kappa shape index (κ1) is 15.8. The first-order valence-electron chi connectivity index (χ1n) is 3.56. The second-order valence-electron chi connectivity index (χ2n) is 2.26. The van der Waals surface area contributed by atoms with Crippen LogP contribution in [0, 0.1) is 0 Å². The van der Waals surface area contributed by atoms with Gasteiger partial charge in [0.15, 0.2) is 0 Å². The van der Waals surface area contributed by atoms with Gasteiger partial charge in [-0.1, -0.05) is 6.92 Å². The summed E-state index contributed by atoms with van der Waals surface area (Å²) in [5.41, 5.74) is 0. The Morgan fingerprint density at radius 1 is 1.46 bits per heavy atom. The van der Waals surface area contributed by atoms with Gasteiger partial charge in [-0.05, 0) is 6.42 Å². The fourth-order valence-corrected chi connectivity index (χ4v) is 0.831. The molecule has 0 saturated carbocycles. The van der Waals surface area contributed by atoms with E-state index < -0.39 is 21.8 Å². The fourth-order valence-electron chi connectivity index (χ4n) is 0.537. The molecule has 1 radical (unpaired) electrons. The second kappa shape index (κ2) is 7.75. The zero-order valence-corrected chi connectivity index (χ0v) is 10.6. The zero-order chi connectivity index (χ0) is 9.61. The van der Waals surface area contributed by atoms with E-state index in [0.717, 1.165) is 0 Å². The van der Waals surface area contributed by atoms with Gasteiger partial charge in [-0.2, -0.15) is 8.42 Å². The minimum Gasteiger partial charge on any atom is -0.464 e. The Bertz CT molecular complexity index is 235. The van der Waals surface area contributed by atoms with Crippen LogP contribution >= 0.6 is 0 Å². The molecule has 73 valence electrons. The normalized spacial score (nSPS) is 10.3. The second-order valence-corrected chi connectivity index (χ2v) is 3.83. The van der Waals surface area contributed by atoms with Crippen molar-refractivity contribution in [3.8, 4) is 0 Å². The third-order valence-corrected chi connectivity index (χ3v) is 1.74. The van der Waals surface area contributed by atoms with Gasteiger partial charge in [-0.3, -0.25) is 9.35 Å². The smallest absolute Gasteiger partial charge is 0.305 e. The molecule has 0 aliphatic carbocycles. The molecule has 0 spiro atoms. The zero-order valence-electron chi connectivity index (χ0n) is 7.82. The number of esters is 1. The fraction of sp³-hybridized carbons (Fsp3) is 0.833. The number of ether oxygens (including phenoxy) is 1. The minimum absolute atomic E-state index is 0. The number of carbonyl (C=O) groups is 1. The van der Waals surface area contributed by atoms with E-state index in [9.17, 15) is 13.2 Å². The van der Waals surface area contributed by atoms with Crippen LogP contribution in [-0.2, 0) is 19.6 Å². The van der Waals surface area contributed by atoms with Crippen LogP contribution in [0.25, 0.3) is 0 Å². The largest absolute Gasteiger partial charge is 0.464 e. The van der Waals surface area contributed by atoms with Crippen LogP contribution < -0.4 is 0 Å². The molecule has 0 aromatic carbocycles. The van der Waals surface area contributed by atoms with Crippen LogP contribution in [0.1, 0.15) is 19.8 Å². The SMILES string of the molecule is CCCC(=O)OCCS(=O)(=O)O.[Na]. The van der Waals surface area contributed by atoms with E-state index in [2.05, 4.69) is 4.74 Å². The summed E-state index contributed by atoms with van der Waals surface area (Å²) in [4.78, 5) is 10.6. The van der Waals surface area contributed by atoms with Crippen molar-refractivity contribution in [1.82, 2.24) is 0 Å². The molecule has 0 unspecified atom stereocenters. The van der Waals surface area contributed by atoms with E-state index >= 15 is 0 Å². The summed E-state index contributed by atoms with van der Waals surface area (Å²) < 4.78 is 33.0. The number of hydrogen-bond acceptors (Lipinski definition) is 4. The van der Waals surface area contributed by atoms with Gasteiger partial charge in [-0.25, -0.2) is 0 Å². The molecule has 0 aliphatic heterocycles. The Morgan fingerprint density at radius 2 is 2.00 bits per heavy atom. The molecule has 0 aromatic rings. The molecule has 0 atom stereocenters. The Morgan fingerprint density at radius 3 is 2.38 bits per heavy atom. The first-order chi connectivity index (χ1) is 5.45. The van der Waals surface area contributed by atoms with Gasteiger partial charge in [0.25, 0.3) is 10.1 Å². The molecule has 0 amide bonds. The molecule has 7 heteroatoms. The van der Waals surface area contributed by atoms with E-state index in [1.54, 1.807) is 0 Å². The van der Waals surface area contributed by atoms with Crippen molar-refractivity contribution >= 4 is 45.6 Å². The van der Waals surface area contributed by atoms with Crippen molar-refractivity contribution in [3.63, 3.8) is 0 Å². The van der Waals surface area contributed by atoms with Gasteiger partial charge in [0.2, 0.25) is 0 Å². The van der Waals surface area contributed by atoms with E-state index in [4.69, 9.17) is 4.55 Å². The van der Waals surface area contributed by atoms with Gasteiger partial charge in [0.1, 0.15) is 12.4 Å². The summed E-state index contributed by atoms with van der Waals surface area (Å²) in [6.07, 6.45) is 0.927. The average molecular weight is 219 g/mol. The summed E-state index contributed by atoms with van der Waals surface area (Å²) in [5, 5.41) is 0. The van der Waals surface area contributed by atoms with Crippen LogP contribution in [0.5, 0.6) is 0 Å². The van der Waals surface area contributed by atoms with Crippen molar-refractivity contribution in [2.75, 3.05) is 12.4 Å². The topological polar surface area (TPSA) is 80.7 Å². The molecular weight excluding hydrogens is 207 g/mol. The minimum atomic E-state index is -4.01. The Kier molecular flexibility index (Phi) is 9.44. The van der Waals surface area contributed by atoms with Crippen molar-refractivity contribution < 1.29 is 22.5 Å². The van der Waals surface area contributed by atoms with Crippen LogP contribution in [0.4, 0.5) is 0 Å². The Balaban J connectivity index is 0. The summed E-state index contributed by atoms with van der Waals surface area (Å²) >= 11 is 0. The third-order valence-electron chi connectivity index (χ3n) is 1.06. The Hall–Kier alpha value is 0.380. The van der Waals surface area contributed by atoms with Gasteiger partial charge in [0, 0.05) is 36.0 Å². The molecule has 0 saturated heterocycles. The molecule has 0 fully saturated rings. The molecule has 0 heterocycles. The van der Waals surface area contributed by atoms with Crippen molar-refractivity contribution in [2.45, 2.75) is 19.8 Å². The molecule has 5 nitrogen and oxygen atoms in total. The maximum Gasteiger partial charge on any atom is 0.305 e. The standard InChI is InChI=1S/C6H12O5S.Na/c1-2-3-6(7)11-4-5-12(8,9)10;/h2-5H2,1H3,(H,8,9,10);. The van der Waals surface area contributed by atoms with Gasteiger partial charge in [-0.15, -0.1) is 0 Å². The van der Waals surface area contributed by atoms with Gasteiger partial charge >= 0.3 is 5.97 Å². The molecule has 1 N–H and O–H groups in total. The average Bonchev–Trinajstić information content (AvgIpc) is 1.84. The summed E-state index contributed by atoms with van der Waals surface area (Å²) in [5.74, 6) is -0.983. The quantitative estimate of drug-likeness (QED) is 0.394. The van der Waals surface area contributed by atoms with E-state index in [0.29, 0.717) is 6.42 Å².